The molecule has 0 spiro atoms. The lowest BCUT2D eigenvalue weighted by molar-refractivity contribution is -0.137. The number of carboxylic acid groups (broad SMARTS) is 1. The Balaban J connectivity index is 1.50. The van der Waals surface area contributed by atoms with E-state index in [-0.39, 0.29) is 24.5 Å². The van der Waals surface area contributed by atoms with Crippen molar-refractivity contribution in [2.24, 2.45) is 0 Å². The monoisotopic (exact) mass is 397 g/mol. The molecule has 29 heavy (non-hydrogen) atoms. The number of urea groups is 1. The average Bonchev–Trinajstić information content (AvgIpc) is 2.74. The van der Waals surface area contributed by atoms with E-state index in [0.717, 1.165) is 24.2 Å². The number of aromatic nitrogens is 2. The Hall–Kier alpha value is -3.16. The molecule has 8 heteroatoms. The lowest BCUT2D eigenvalue weighted by Crippen LogP contribution is -2.50. The van der Waals surface area contributed by atoms with E-state index < -0.39 is 5.97 Å². The number of amides is 2. The van der Waals surface area contributed by atoms with Gasteiger partial charge in [0, 0.05) is 37.8 Å². The summed E-state index contributed by atoms with van der Waals surface area (Å²) in [6.07, 6.45) is 4.33. The molecule has 154 valence electrons. The number of hydrogen-bond donors (Lipinski definition) is 3. The van der Waals surface area contributed by atoms with Gasteiger partial charge < -0.3 is 20.6 Å². The van der Waals surface area contributed by atoms with E-state index in [1.807, 2.05) is 42.5 Å². The predicted octanol–water partition coefficient (Wildman–Crippen LogP) is 2.54. The molecule has 1 aliphatic rings. The van der Waals surface area contributed by atoms with Crippen molar-refractivity contribution in [3.8, 4) is 0 Å². The third-order valence-corrected chi connectivity index (χ3v) is 5.07. The van der Waals surface area contributed by atoms with Crippen molar-refractivity contribution < 1.29 is 14.7 Å². The second-order valence-electron chi connectivity index (χ2n) is 7.28. The van der Waals surface area contributed by atoms with Crippen molar-refractivity contribution in [3.63, 3.8) is 0 Å². The molecule has 0 radical (unpaired) electrons. The number of carboxylic acids is 1. The van der Waals surface area contributed by atoms with Crippen molar-refractivity contribution in [2.75, 3.05) is 18.4 Å². The molecule has 1 saturated heterocycles. The van der Waals surface area contributed by atoms with Gasteiger partial charge in [-0.05, 0) is 43.4 Å². The second kappa shape index (κ2) is 10.4. The zero-order valence-electron chi connectivity index (χ0n) is 16.3. The first-order valence-electron chi connectivity index (χ1n) is 9.95. The first-order valence-corrected chi connectivity index (χ1v) is 9.95. The lowest BCUT2D eigenvalue weighted by Gasteiger charge is -2.33. The zero-order valence-corrected chi connectivity index (χ0v) is 16.3. The molecule has 0 saturated carbocycles. The number of anilines is 1. The number of rotatable bonds is 8. The van der Waals surface area contributed by atoms with Crippen molar-refractivity contribution in [1.82, 2.24) is 20.4 Å². The Labute approximate surface area is 170 Å². The van der Waals surface area contributed by atoms with Gasteiger partial charge in [-0.3, -0.25) is 4.79 Å². The molecule has 1 unspecified atom stereocenters. The summed E-state index contributed by atoms with van der Waals surface area (Å²) in [5.41, 5.74) is 1.08. The van der Waals surface area contributed by atoms with Crippen LogP contribution in [0, 0.1) is 0 Å². The standard InChI is InChI=1S/C21H27N5O3/c27-20(28)9-8-18(15-16-5-2-1-3-6-16)24-21(29)26-13-10-17(11-14-26)23-19-7-4-12-22-25-19/h1-7,12,17-18H,8-11,13-15H2,(H,23,25)(H,24,29)(H,27,28). The number of piperidine rings is 1. The molecular formula is C21H27N5O3. The molecule has 0 aliphatic carbocycles. The van der Waals surface area contributed by atoms with Crippen LogP contribution in [0.15, 0.2) is 48.7 Å². The van der Waals surface area contributed by atoms with E-state index in [1.165, 1.54) is 0 Å². The summed E-state index contributed by atoms with van der Waals surface area (Å²) < 4.78 is 0. The van der Waals surface area contributed by atoms with Gasteiger partial charge in [-0.1, -0.05) is 30.3 Å². The summed E-state index contributed by atoms with van der Waals surface area (Å²) >= 11 is 0. The maximum Gasteiger partial charge on any atom is 0.317 e. The second-order valence-corrected chi connectivity index (χ2v) is 7.28. The summed E-state index contributed by atoms with van der Waals surface area (Å²) in [6.45, 7) is 1.28. The Morgan fingerprint density at radius 1 is 1.14 bits per heavy atom. The maximum atomic E-state index is 12.7. The van der Waals surface area contributed by atoms with Crippen LogP contribution in [-0.2, 0) is 11.2 Å². The van der Waals surface area contributed by atoms with Gasteiger partial charge >= 0.3 is 12.0 Å². The normalized spacial score (nSPS) is 15.5. The van der Waals surface area contributed by atoms with Crippen molar-refractivity contribution >= 4 is 17.8 Å². The molecule has 2 aromatic rings. The maximum absolute atomic E-state index is 12.7. The molecule has 1 atom stereocenters. The first kappa shape index (κ1) is 20.6. The minimum atomic E-state index is -0.854. The SMILES string of the molecule is O=C(O)CCC(Cc1ccccc1)NC(=O)N1CCC(Nc2cccnn2)CC1. The van der Waals surface area contributed by atoms with Gasteiger partial charge in [0.2, 0.25) is 0 Å². The highest BCUT2D eigenvalue weighted by Gasteiger charge is 2.25. The molecular weight excluding hydrogens is 370 g/mol. The largest absolute Gasteiger partial charge is 0.481 e. The minimum absolute atomic E-state index is 0.0296. The molecule has 2 amide bonds. The number of carbonyl (C=O) groups is 2. The fourth-order valence-electron chi connectivity index (χ4n) is 3.50. The average molecular weight is 397 g/mol. The van der Waals surface area contributed by atoms with Crippen LogP contribution in [0.4, 0.5) is 10.6 Å². The summed E-state index contributed by atoms with van der Waals surface area (Å²) in [6, 6.07) is 13.4. The molecule has 3 N–H and O–H groups in total. The fourth-order valence-corrected chi connectivity index (χ4v) is 3.50. The van der Waals surface area contributed by atoms with E-state index in [1.54, 1.807) is 11.1 Å². The van der Waals surface area contributed by atoms with Crippen molar-refractivity contribution in [3.05, 3.63) is 54.2 Å². The Kier molecular flexibility index (Phi) is 7.38. The minimum Gasteiger partial charge on any atom is -0.481 e. The van der Waals surface area contributed by atoms with E-state index in [2.05, 4.69) is 20.8 Å². The topological polar surface area (TPSA) is 107 Å². The smallest absolute Gasteiger partial charge is 0.317 e. The third kappa shape index (κ3) is 6.74. The number of benzene rings is 1. The highest BCUT2D eigenvalue weighted by atomic mass is 16.4. The lowest BCUT2D eigenvalue weighted by atomic mass is 10.0. The number of aliphatic carboxylic acids is 1. The van der Waals surface area contributed by atoms with Crippen LogP contribution in [0.25, 0.3) is 0 Å². The van der Waals surface area contributed by atoms with Crippen LogP contribution in [0.3, 0.4) is 0 Å². The van der Waals surface area contributed by atoms with Crippen LogP contribution in [-0.4, -0.2) is 57.4 Å². The van der Waals surface area contributed by atoms with E-state index >= 15 is 0 Å². The number of hydrogen-bond acceptors (Lipinski definition) is 5. The number of likely N-dealkylation sites (tertiary alicyclic amines) is 1. The highest BCUT2D eigenvalue weighted by Crippen LogP contribution is 2.16. The van der Waals surface area contributed by atoms with E-state index in [4.69, 9.17) is 5.11 Å². The van der Waals surface area contributed by atoms with Gasteiger partial charge in [-0.15, -0.1) is 5.10 Å². The zero-order chi connectivity index (χ0) is 20.5. The van der Waals surface area contributed by atoms with Crippen LogP contribution < -0.4 is 10.6 Å². The third-order valence-electron chi connectivity index (χ3n) is 5.07. The predicted molar refractivity (Wildman–Crippen MR) is 110 cm³/mol. The first-order chi connectivity index (χ1) is 14.1. The Morgan fingerprint density at radius 2 is 1.90 bits per heavy atom. The molecule has 1 fully saturated rings. The number of nitrogens with one attached hydrogen (secondary N) is 2. The fraction of sp³-hybridized carbons (Fsp3) is 0.429. The summed E-state index contributed by atoms with van der Waals surface area (Å²) in [5.74, 6) is -0.111. The number of nitrogens with zero attached hydrogens (tertiary/aromatic N) is 3. The molecule has 8 nitrogen and oxygen atoms in total. The summed E-state index contributed by atoms with van der Waals surface area (Å²) in [5, 5.41) is 23.3. The Bertz CT molecular complexity index is 779. The molecule has 0 bridgehead atoms. The number of carbonyl (C=O) groups excluding carboxylic acids is 1. The molecule has 3 rings (SSSR count). The summed E-state index contributed by atoms with van der Waals surface area (Å²) in [4.78, 5) is 25.5. The quantitative estimate of drug-likeness (QED) is 0.632. The van der Waals surface area contributed by atoms with E-state index in [0.29, 0.717) is 25.9 Å². The molecule has 1 aromatic carbocycles. The van der Waals surface area contributed by atoms with Gasteiger partial charge in [0.05, 0.1) is 0 Å². The van der Waals surface area contributed by atoms with Gasteiger partial charge in [0.15, 0.2) is 0 Å². The van der Waals surface area contributed by atoms with Crippen LogP contribution >= 0.6 is 0 Å². The van der Waals surface area contributed by atoms with Crippen LogP contribution in [0.2, 0.25) is 0 Å². The van der Waals surface area contributed by atoms with Gasteiger partial charge in [0.25, 0.3) is 0 Å². The van der Waals surface area contributed by atoms with Crippen molar-refractivity contribution in [2.45, 2.75) is 44.2 Å². The van der Waals surface area contributed by atoms with E-state index in [9.17, 15) is 9.59 Å². The van der Waals surface area contributed by atoms with Gasteiger partial charge in [-0.25, -0.2) is 4.79 Å². The van der Waals surface area contributed by atoms with Gasteiger partial charge in [-0.2, -0.15) is 5.10 Å². The molecule has 1 aliphatic heterocycles. The Morgan fingerprint density at radius 3 is 2.55 bits per heavy atom. The van der Waals surface area contributed by atoms with Crippen LogP contribution in [0.5, 0.6) is 0 Å². The van der Waals surface area contributed by atoms with Gasteiger partial charge in [0.1, 0.15) is 5.82 Å². The summed E-state index contributed by atoms with van der Waals surface area (Å²) in [7, 11) is 0. The molecule has 2 heterocycles. The molecule has 1 aromatic heterocycles. The van der Waals surface area contributed by atoms with Crippen molar-refractivity contribution in [1.29, 1.82) is 0 Å². The highest BCUT2D eigenvalue weighted by molar-refractivity contribution is 5.75. The van der Waals surface area contributed by atoms with Crippen LogP contribution in [0.1, 0.15) is 31.2 Å².